The van der Waals surface area contributed by atoms with Crippen LogP contribution in [0.2, 0.25) is 0 Å². The van der Waals surface area contributed by atoms with Gasteiger partial charge in [0.2, 0.25) is 5.78 Å². The second-order valence-electron chi connectivity index (χ2n) is 4.82. The van der Waals surface area contributed by atoms with Crippen molar-refractivity contribution >= 4 is 11.9 Å². The summed E-state index contributed by atoms with van der Waals surface area (Å²) in [6, 6.07) is 9.92. The number of ether oxygens (including phenoxy) is 2. The van der Waals surface area contributed by atoms with Gasteiger partial charge in [0.25, 0.3) is 5.79 Å². The van der Waals surface area contributed by atoms with E-state index in [1.807, 2.05) is 42.5 Å². The molecule has 0 saturated carbocycles. The number of hydrogen-bond acceptors (Lipinski definition) is 3. The molecule has 1 unspecified atom stereocenters. The Morgan fingerprint density at radius 1 is 1.11 bits per heavy atom. The Labute approximate surface area is 112 Å². The van der Waals surface area contributed by atoms with Crippen LogP contribution in [0.25, 0.3) is 6.08 Å². The van der Waals surface area contributed by atoms with E-state index in [1.165, 1.54) is 6.08 Å². The summed E-state index contributed by atoms with van der Waals surface area (Å²) in [4.78, 5) is 12.0. The van der Waals surface area contributed by atoms with E-state index >= 15 is 0 Å². The highest BCUT2D eigenvalue weighted by Crippen LogP contribution is 2.35. The molecule has 1 aromatic rings. The molecule has 1 spiro atoms. The summed E-state index contributed by atoms with van der Waals surface area (Å²) in [5.74, 6) is -0.523. The number of ketones is 1. The molecule has 1 atom stereocenters. The maximum Gasteiger partial charge on any atom is 0.274 e. The molecule has 3 rings (SSSR count). The maximum absolute atomic E-state index is 12.0. The van der Waals surface area contributed by atoms with Crippen LogP contribution in [0.5, 0.6) is 0 Å². The van der Waals surface area contributed by atoms with Crippen LogP contribution in [-0.4, -0.2) is 18.2 Å². The molecule has 0 N–H and O–H groups in total. The number of hydrogen-bond donors (Lipinski definition) is 0. The molecule has 0 radical (unpaired) electrons. The third kappa shape index (κ3) is 2.47. The fraction of sp³-hybridized carbons (Fsp3) is 0.312. The molecular weight excluding hydrogens is 240 g/mol. The first-order valence-corrected chi connectivity index (χ1v) is 6.61. The van der Waals surface area contributed by atoms with E-state index in [0.717, 1.165) is 18.4 Å². The zero-order valence-corrected chi connectivity index (χ0v) is 10.7. The van der Waals surface area contributed by atoms with Gasteiger partial charge in [0.15, 0.2) is 0 Å². The smallest absolute Gasteiger partial charge is 0.274 e. The summed E-state index contributed by atoms with van der Waals surface area (Å²) in [6.45, 7) is 0.593. The van der Waals surface area contributed by atoms with Crippen molar-refractivity contribution in [2.45, 2.75) is 25.0 Å². The highest BCUT2D eigenvalue weighted by molar-refractivity contribution is 5.98. The molecule has 1 fully saturated rings. The predicted molar refractivity (Wildman–Crippen MR) is 72.2 cm³/mol. The molecule has 0 aromatic heterocycles. The van der Waals surface area contributed by atoms with Crippen molar-refractivity contribution in [2.24, 2.45) is 0 Å². The van der Waals surface area contributed by atoms with Crippen LogP contribution < -0.4 is 0 Å². The van der Waals surface area contributed by atoms with Crippen LogP contribution in [-0.2, 0) is 14.3 Å². The van der Waals surface area contributed by atoms with Gasteiger partial charge >= 0.3 is 0 Å². The summed E-state index contributed by atoms with van der Waals surface area (Å²) in [7, 11) is 0. The Kier molecular flexibility index (Phi) is 3.22. The lowest BCUT2D eigenvalue weighted by Gasteiger charge is -2.31. The van der Waals surface area contributed by atoms with Gasteiger partial charge in [-0.1, -0.05) is 36.4 Å². The van der Waals surface area contributed by atoms with E-state index in [0.29, 0.717) is 18.8 Å². The van der Waals surface area contributed by atoms with Crippen LogP contribution in [0.4, 0.5) is 0 Å². The molecule has 0 aliphatic carbocycles. The van der Waals surface area contributed by atoms with Crippen molar-refractivity contribution in [3.63, 3.8) is 0 Å². The van der Waals surface area contributed by atoms with Crippen molar-refractivity contribution in [3.05, 3.63) is 53.8 Å². The second kappa shape index (κ2) is 5.02. The van der Waals surface area contributed by atoms with E-state index < -0.39 is 5.79 Å². The topological polar surface area (TPSA) is 35.5 Å². The summed E-state index contributed by atoms with van der Waals surface area (Å²) >= 11 is 0. The Hall–Kier alpha value is -1.87. The van der Waals surface area contributed by atoms with Crippen molar-refractivity contribution in [3.8, 4) is 0 Å². The average Bonchev–Trinajstić information content (AvgIpc) is 2.75. The quantitative estimate of drug-likeness (QED) is 0.815. The van der Waals surface area contributed by atoms with E-state index in [-0.39, 0.29) is 5.78 Å². The Morgan fingerprint density at radius 2 is 1.95 bits per heavy atom. The van der Waals surface area contributed by atoms with Gasteiger partial charge in [-0.3, -0.25) is 4.79 Å². The number of rotatable bonds is 2. The minimum absolute atomic E-state index is 0.0695. The normalized spacial score (nSPS) is 26.7. The Bertz CT molecular complexity index is 522. The third-order valence-corrected chi connectivity index (χ3v) is 3.41. The zero-order chi connectivity index (χ0) is 13.1. The van der Waals surface area contributed by atoms with E-state index in [4.69, 9.17) is 9.47 Å². The van der Waals surface area contributed by atoms with Gasteiger partial charge in [0, 0.05) is 12.5 Å². The Balaban J connectivity index is 1.72. The molecule has 2 aliphatic rings. The van der Waals surface area contributed by atoms with Crippen LogP contribution in [0, 0.1) is 0 Å². The molecule has 1 saturated heterocycles. The molecule has 98 valence electrons. The average molecular weight is 256 g/mol. The lowest BCUT2D eigenvalue weighted by molar-refractivity contribution is -0.214. The first-order valence-electron chi connectivity index (χ1n) is 6.61. The highest BCUT2D eigenvalue weighted by atomic mass is 16.7. The SMILES string of the molecule is O=C1C=C(C=Cc2ccccc2)OC12CCCCO2. The minimum atomic E-state index is -1.03. The number of benzene rings is 1. The lowest BCUT2D eigenvalue weighted by atomic mass is 10.0. The monoisotopic (exact) mass is 256 g/mol. The number of carbonyl (C=O) groups is 1. The van der Waals surface area contributed by atoms with E-state index in [2.05, 4.69) is 0 Å². The summed E-state index contributed by atoms with van der Waals surface area (Å²) in [6.07, 6.45) is 7.89. The summed E-state index contributed by atoms with van der Waals surface area (Å²) < 4.78 is 11.3. The van der Waals surface area contributed by atoms with E-state index in [9.17, 15) is 4.79 Å². The van der Waals surface area contributed by atoms with Gasteiger partial charge in [-0.25, -0.2) is 0 Å². The maximum atomic E-state index is 12.0. The largest absolute Gasteiger partial charge is 0.454 e. The van der Waals surface area contributed by atoms with Crippen LogP contribution in [0.3, 0.4) is 0 Å². The summed E-state index contributed by atoms with van der Waals surface area (Å²) in [5.41, 5.74) is 1.07. The fourth-order valence-corrected chi connectivity index (χ4v) is 2.38. The van der Waals surface area contributed by atoms with Gasteiger partial charge in [-0.05, 0) is 24.5 Å². The third-order valence-electron chi connectivity index (χ3n) is 3.41. The van der Waals surface area contributed by atoms with Crippen molar-refractivity contribution in [1.29, 1.82) is 0 Å². The summed E-state index contributed by atoms with van der Waals surface area (Å²) in [5, 5.41) is 0. The highest BCUT2D eigenvalue weighted by Gasteiger charge is 2.46. The lowest BCUT2D eigenvalue weighted by Crippen LogP contribution is -2.42. The molecule has 3 heteroatoms. The van der Waals surface area contributed by atoms with Crippen molar-refractivity contribution in [2.75, 3.05) is 6.61 Å². The van der Waals surface area contributed by atoms with Gasteiger partial charge in [0.05, 0.1) is 6.61 Å². The van der Waals surface area contributed by atoms with Gasteiger partial charge in [0.1, 0.15) is 5.76 Å². The molecular formula is C16H16O3. The minimum Gasteiger partial charge on any atom is -0.454 e. The molecule has 2 aliphatic heterocycles. The molecule has 2 heterocycles. The standard InChI is InChI=1S/C16H16O3/c17-15-12-14(9-8-13-6-2-1-3-7-13)19-16(15)10-4-5-11-18-16/h1-3,6-9,12H,4-5,10-11H2. The molecule has 3 nitrogen and oxygen atoms in total. The van der Waals surface area contributed by atoms with Crippen molar-refractivity contribution < 1.29 is 14.3 Å². The zero-order valence-electron chi connectivity index (χ0n) is 10.7. The first-order chi connectivity index (χ1) is 9.28. The van der Waals surface area contributed by atoms with E-state index in [1.54, 1.807) is 0 Å². The molecule has 0 bridgehead atoms. The van der Waals surface area contributed by atoms with Gasteiger partial charge < -0.3 is 9.47 Å². The number of carbonyl (C=O) groups excluding carboxylic acids is 1. The molecule has 1 aromatic carbocycles. The predicted octanol–water partition coefficient (Wildman–Crippen LogP) is 3.08. The van der Waals surface area contributed by atoms with Gasteiger partial charge in [-0.15, -0.1) is 0 Å². The van der Waals surface area contributed by atoms with Crippen LogP contribution in [0.1, 0.15) is 24.8 Å². The van der Waals surface area contributed by atoms with Crippen LogP contribution in [0.15, 0.2) is 48.2 Å². The Morgan fingerprint density at radius 3 is 2.68 bits per heavy atom. The molecule has 0 amide bonds. The van der Waals surface area contributed by atoms with Crippen LogP contribution >= 0.6 is 0 Å². The fourth-order valence-electron chi connectivity index (χ4n) is 2.38. The molecule has 19 heavy (non-hydrogen) atoms. The van der Waals surface area contributed by atoms with Crippen molar-refractivity contribution in [1.82, 2.24) is 0 Å². The first kappa shape index (κ1) is 12.2. The van der Waals surface area contributed by atoms with Gasteiger partial charge in [-0.2, -0.15) is 0 Å². The number of allylic oxidation sites excluding steroid dienone is 1. The second-order valence-corrected chi connectivity index (χ2v) is 4.82.